The molecule has 1 fully saturated rings. The minimum atomic E-state index is 0.805. The fraction of sp³-hybridized carbons (Fsp3) is 0.500. The molecule has 0 unspecified atom stereocenters. The van der Waals surface area contributed by atoms with Crippen LogP contribution in [0.1, 0.15) is 40.8 Å². The predicted octanol–water partition coefficient (Wildman–Crippen LogP) is 3.95. The molecule has 1 heterocycles. The molecule has 1 N–H and O–H groups in total. The summed E-state index contributed by atoms with van der Waals surface area (Å²) in [7, 11) is 0. The highest BCUT2D eigenvalue weighted by molar-refractivity contribution is 7.19. The maximum Gasteiger partial charge on any atom is 0.0351 e. The summed E-state index contributed by atoms with van der Waals surface area (Å²) >= 11 is 2.00. The lowest BCUT2D eigenvalue weighted by molar-refractivity contribution is 0.693. The standard InChI is InChI=1S/C16H19NS/c1-10-14-7-11-3-2-4-12(11)8-15(14)18-16(10)9-17-13-5-6-13/h7-8,13,17H,2-6,9H2,1H3. The van der Waals surface area contributed by atoms with Crippen LogP contribution in [0, 0.1) is 6.92 Å². The molecular formula is C16H19NS. The zero-order chi connectivity index (χ0) is 12.1. The number of hydrogen-bond acceptors (Lipinski definition) is 2. The molecule has 2 heteroatoms. The van der Waals surface area contributed by atoms with Gasteiger partial charge in [-0.05, 0) is 73.2 Å². The minimum absolute atomic E-state index is 0.805. The van der Waals surface area contributed by atoms with Gasteiger partial charge in [0.25, 0.3) is 0 Å². The fourth-order valence-electron chi connectivity index (χ4n) is 3.03. The van der Waals surface area contributed by atoms with Crippen molar-refractivity contribution in [1.82, 2.24) is 5.32 Å². The van der Waals surface area contributed by atoms with Gasteiger partial charge in [0.2, 0.25) is 0 Å². The predicted molar refractivity (Wildman–Crippen MR) is 78.4 cm³/mol. The monoisotopic (exact) mass is 257 g/mol. The number of fused-ring (bicyclic) bond motifs is 2. The highest BCUT2D eigenvalue weighted by atomic mass is 32.1. The van der Waals surface area contributed by atoms with Gasteiger partial charge < -0.3 is 5.32 Å². The summed E-state index contributed by atoms with van der Waals surface area (Å²) in [5.41, 5.74) is 4.72. The molecule has 0 amide bonds. The largest absolute Gasteiger partial charge is 0.309 e. The summed E-state index contributed by atoms with van der Waals surface area (Å²) in [6.45, 7) is 3.37. The topological polar surface area (TPSA) is 12.0 Å². The number of aryl methyl sites for hydroxylation is 3. The first kappa shape index (κ1) is 11.0. The van der Waals surface area contributed by atoms with Gasteiger partial charge in [-0.3, -0.25) is 0 Å². The first-order valence-corrected chi connectivity index (χ1v) is 7.90. The molecule has 0 saturated heterocycles. The Labute approximate surface area is 112 Å². The molecule has 0 aliphatic heterocycles. The van der Waals surface area contributed by atoms with Crippen LogP contribution >= 0.6 is 11.3 Å². The molecule has 1 aromatic carbocycles. The highest BCUT2D eigenvalue weighted by Crippen LogP contribution is 2.36. The molecule has 4 rings (SSSR count). The first-order chi connectivity index (χ1) is 8.81. The van der Waals surface area contributed by atoms with E-state index in [2.05, 4.69) is 24.4 Å². The molecule has 0 radical (unpaired) electrons. The summed E-state index contributed by atoms with van der Waals surface area (Å²) < 4.78 is 1.50. The van der Waals surface area contributed by atoms with Gasteiger partial charge in [-0.25, -0.2) is 0 Å². The van der Waals surface area contributed by atoms with Crippen molar-refractivity contribution in [2.75, 3.05) is 0 Å². The third-order valence-electron chi connectivity index (χ3n) is 4.38. The minimum Gasteiger partial charge on any atom is -0.309 e. The van der Waals surface area contributed by atoms with Crippen LogP contribution in [0.15, 0.2) is 12.1 Å². The molecular weight excluding hydrogens is 238 g/mol. The maximum absolute atomic E-state index is 3.64. The van der Waals surface area contributed by atoms with Crippen molar-refractivity contribution in [1.29, 1.82) is 0 Å². The summed E-state index contributed by atoms with van der Waals surface area (Å²) in [5, 5.41) is 5.15. The number of nitrogens with one attached hydrogen (secondary N) is 1. The van der Waals surface area contributed by atoms with Gasteiger partial charge in [0.15, 0.2) is 0 Å². The second kappa shape index (κ2) is 4.07. The number of hydrogen-bond donors (Lipinski definition) is 1. The van der Waals surface area contributed by atoms with Crippen LogP contribution in [0.5, 0.6) is 0 Å². The number of rotatable bonds is 3. The molecule has 1 saturated carbocycles. The molecule has 2 aliphatic rings. The Morgan fingerprint density at radius 3 is 2.78 bits per heavy atom. The van der Waals surface area contributed by atoms with E-state index in [0.717, 1.165) is 12.6 Å². The van der Waals surface area contributed by atoms with Crippen molar-refractivity contribution in [3.05, 3.63) is 33.7 Å². The average Bonchev–Trinajstić information content (AvgIpc) is 3.01. The van der Waals surface area contributed by atoms with Crippen LogP contribution < -0.4 is 5.32 Å². The molecule has 0 atom stereocenters. The quantitative estimate of drug-likeness (QED) is 0.878. The molecule has 2 aromatic rings. The lowest BCUT2D eigenvalue weighted by Gasteiger charge is -2.01. The van der Waals surface area contributed by atoms with Gasteiger partial charge in [-0.15, -0.1) is 11.3 Å². The fourth-order valence-corrected chi connectivity index (χ4v) is 4.24. The van der Waals surface area contributed by atoms with E-state index in [9.17, 15) is 0 Å². The molecule has 0 spiro atoms. The van der Waals surface area contributed by atoms with E-state index in [-0.39, 0.29) is 0 Å². The number of benzene rings is 1. The Kier molecular flexibility index (Phi) is 2.49. The Morgan fingerprint density at radius 2 is 2.00 bits per heavy atom. The highest BCUT2D eigenvalue weighted by Gasteiger charge is 2.21. The summed E-state index contributed by atoms with van der Waals surface area (Å²) in [6, 6.07) is 5.72. The Morgan fingerprint density at radius 1 is 1.22 bits per heavy atom. The third-order valence-corrected chi connectivity index (χ3v) is 5.63. The SMILES string of the molecule is Cc1c(CNC2CC2)sc2cc3c(cc12)CCC3. The van der Waals surface area contributed by atoms with E-state index in [1.165, 1.54) is 47.8 Å². The van der Waals surface area contributed by atoms with Crippen LogP contribution in [0.4, 0.5) is 0 Å². The molecule has 94 valence electrons. The Balaban J connectivity index is 1.73. The molecule has 18 heavy (non-hydrogen) atoms. The summed E-state index contributed by atoms with van der Waals surface area (Å²) in [4.78, 5) is 1.54. The Bertz CT molecular complexity index is 607. The molecule has 1 aromatic heterocycles. The van der Waals surface area contributed by atoms with Crippen molar-refractivity contribution in [3.8, 4) is 0 Å². The zero-order valence-corrected chi connectivity index (χ0v) is 11.7. The lowest BCUT2D eigenvalue weighted by Crippen LogP contribution is -2.14. The summed E-state index contributed by atoms with van der Waals surface area (Å²) in [6.07, 6.45) is 6.67. The van der Waals surface area contributed by atoms with Crippen molar-refractivity contribution < 1.29 is 0 Å². The van der Waals surface area contributed by atoms with Crippen molar-refractivity contribution in [3.63, 3.8) is 0 Å². The van der Waals surface area contributed by atoms with Gasteiger partial charge in [-0.2, -0.15) is 0 Å². The van der Waals surface area contributed by atoms with Crippen LogP contribution in [0.25, 0.3) is 10.1 Å². The van der Waals surface area contributed by atoms with Gasteiger partial charge in [0.05, 0.1) is 0 Å². The van der Waals surface area contributed by atoms with Crippen LogP contribution in [-0.4, -0.2) is 6.04 Å². The third kappa shape index (κ3) is 1.79. The molecule has 1 nitrogen and oxygen atoms in total. The van der Waals surface area contributed by atoms with E-state index in [0.29, 0.717) is 0 Å². The smallest absolute Gasteiger partial charge is 0.0351 e. The van der Waals surface area contributed by atoms with Crippen LogP contribution in [0.3, 0.4) is 0 Å². The molecule has 2 aliphatic carbocycles. The normalized spacial score (nSPS) is 18.5. The summed E-state index contributed by atoms with van der Waals surface area (Å²) in [5.74, 6) is 0. The van der Waals surface area contributed by atoms with E-state index >= 15 is 0 Å². The van der Waals surface area contributed by atoms with Crippen LogP contribution in [-0.2, 0) is 19.4 Å². The van der Waals surface area contributed by atoms with E-state index in [4.69, 9.17) is 0 Å². The van der Waals surface area contributed by atoms with Crippen LogP contribution in [0.2, 0.25) is 0 Å². The maximum atomic E-state index is 3.64. The van der Waals surface area contributed by atoms with E-state index in [1.807, 2.05) is 11.3 Å². The molecule has 0 bridgehead atoms. The van der Waals surface area contributed by atoms with Gasteiger partial charge in [-0.1, -0.05) is 0 Å². The second-order valence-electron chi connectivity index (χ2n) is 5.78. The average molecular weight is 257 g/mol. The first-order valence-electron chi connectivity index (χ1n) is 7.08. The van der Waals surface area contributed by atoms with E-state index < -0.39 is 0 Å². The second-order valence-corrected chi connectivity index (χ2v) is 6.91. The zero-order valence-electron chi connectivity index (χ0n) is 10.9. The van der Waals surface area contributed by atoms with Gasteiger partial charge >= 0.3 is 0 Å². The van der Waals surface area contributed by atoms with Crippen molar-refractivity contribution >= 4 is 21.4 Å². The van der Waals surface area contributed by atoms with Gasteiger partial charge in [0.1, 0.15) is 0 Å². The van der Waals surface area contributed by atoms with Crippen molar-refractivity contribution in [2.24, 2.45) is 0 Å². The van der Waals surface area contributed by atoms with Gasteiger partial charge in [0, 0.05) is 22.2 Å². The van der Waals surface area contributed by atoms with E-state index in [1.54, 1.807) is 16.0 Å². The lowest BCUT2D eigenvalue weighted by atomic mass is 10.1. The Hall–Kier alpha value is -0.860. The number of thiophene rings is 1. The van der Waals surface area contributed by atoms with Crippen molar-refractivity contribution in [2.45, 2.75) is 51.6 Å².